The Bertz CT molecular complexity index is 534. The predicted molar refractivity (Wildman–Crippen MR) is 75.5 cm³/mol. The maximum atomic E-state index is 13.3. The molecule has 0 radical (unpaired) electrons. The summed E-state index contributed by atoms with van der Waals surface area (Å²) in [5, 5.41) is 9.21. The van der Waals surface area contributed by atoms with E-state index in [1.54, 1.807) is 26.8 Å². The van der Waals surface area contributed by atoms with Crippen molar-refractivity contribution in [3.8, 4) is 0 Å². The van der Waals surface area contributed by atoms with Crippen molar-refractivity contribution in [1.82, 2.24) is 9.88 Å². The maximum absolute atomic E-state index is 13.3. The van der Waals surface area contributed by atoms with Crippen LogP contribution in [-0.4, -0.2) is 47.2 Å². The van der Waals surface area contributed by atoms with Crippen LogP contribution in [0.15, 0.2) is 12.1 Å². The third-order valence-corrected chi connectivity index (χ3v) is 3.72. The van der Waals surface area contributed by atoms with Gasteiger partial charge in [0.2, 0.25) is 0 Å². The van der Waals surface area contributed by atoms with Gasteiger partial charge < -0.3 is 9.84 Å². The van der Waals surface area contributed by atoms with Gasteiger partial charge in [-0.3, -0.25) is 14.7 Å². The summed E-state index contributed by atoms with van der Waals surface area (Å²) in [5.41, 5.74) is 0.222. The molecular formula is C15H21FN2O3. The molecule has 1 atom stereocenters. The molecule has 0 saturated carbocycles. The normalized spacial score (nSPS) is 20.5. The second-order valence-electron chi connectivity index (χ2n) is 6.09. The van der Waals surface area contributed by atoms with Crippen molar-refractivity contribution in [3.63, 3.8) is 0 Å². The fourth-order valence-corrected chi connectivity index (χ4v) is 2.39. The zero-order valence-electron chi connectivity index (χ0n) is 12.6. The molecule has 116 valence electrons. The number of rotatable bonds is 4. The van der Waals surface area contributed by atoms with Gasteiger partial charge in [0, 0.05) is 19.6 Å². The zero-order chi connectivity index (χ0) is 15.6. The number of aliphatic carboxylic acids is 1. The van der Waals surface area contributed by atoms with Gasteiger partial charge in [0.25, 0.3) is 0 Å². The van der Waals surface area contributed by atoms with Crippen LogP contribution in [0.5, 0.6) is 0 Å². The lowest BCUT2D eigenvalue weighted by atomic mass is 9.92. The Balaban J connectivity index is 2.07. The number of hydrogen-bond donors (Lipinski definition) is 1. The molecule has 1 N–H and O–H groups in total. The fourth-order valence-electron chi connectivity index (χ4n) is 2.39. The zero-order valence-corrected chi connectivity index (χ0v) is 12.6. The molecule has 0 aliphatic carbocycles. The molecule has 1 saturated heterocycles. The molecule has 21 heavy (non-hydrogen) atoms. The summed E-state index contributed by atoms with van der Waals surface area (Å²) in [5.74, 6) is -1.15. The number of aromatic nitrogens is 1. The van der Waals surface area contributed by atoms with E-state index < -0.39 is 11.4 Å². The third kappa shape index (κ3) is 3.77. The van der Waals surface area contributed by atoms with Crippen LogP contribution in [0.1, 0.15) is 31.3 Å². The monoisotopic (exact) mass is 296 g/mol. The highest BCUT2D eigenvalue weighted by atomic mass is 19.1. The van der Waals surface area contributed by atoms with E-state index in [9.17, 15) is 14.3 Å². The quantitative estimate of drug-likeness (QED) is 0.921. The highest BCUT2D eigenvalue weighted by molar-refractivity contribution is 5.73. The van der Waals surface area contributed by atoms with Crippen molar-refractivity contribution in [2.45, 2.75) is 26.9 Å². The molecular weight excluding hydrogens is 275 g/mol. The lowest BCUT2D eigenvalue weighted by Crippen LogP contribution is -2.45. The van der Waals surface area contributed by atoms with Gasteiger partial charge in [-0.15, -0.1) is 0 Å². The van der Waals surface area contributed by atoms with Crippen LogP contribution >= 0.6 is 0 Å². The minimum Gasteiger partial charge on any atom is -0.481 e. The molecule has 0 amide bonds. The highest BCUT2D eigenvalue weighted by Gasteiger charge is 2.32. The van der Waals surface area contributed by atoms with E-state index in [-0.39, 0.29) is 11.9 Å². The van der Waals surface area contributed by atoms with Crippen LogP contribution in [0.2, 0.25) is 0 Å². The predicted octanol–water partition coefficient (Wildman–Crippen LogP) is 2.01. The van der Waals surface area contributed by atoms with E-state index in [1.165, 1.54) is 6.07 Å². The van der Waals surface area contributed by atoms with Crippen LogP contribution in [0.25, 0.3) is 0 Å². The van der Waals surface area contributed by atoms with E-state index in [0.717, 1.165) is 0 Å². The summed E-state index contributed by atoms with van der Waals surface area (Å²) < 4.78 is 19.0. The van der Waals surface area contributed by atoms with E-state index >= 15 is 0 Å². The van der Waals surface area contributed by atoms with Gasteiger partial charge in [0.15, 0.2) is 0 Å². The molecule has 6 heteroatoms. The number of hydrogen-bond acceptors (Lipinski definition) is 4. The van der Waals surface area contributed by atoms with Gasteiger partial charge in [-0.25, -0.2) is 4.39 Å². The topological polar surface area (TPSA) is 62.7 Å². The molecule has 1 aliphatic rings. The van der Waals surface area contributed by atoms with Crippen molar-refractivity contribution >= 4 is 5.97 Å². The maximum Gasteiger partial charge on any atom is 0.310 e. The van der Waals surface area contributed by atoms with Crippen LogP contribution in [0.4, 0.5) is 4.39 Å². The largest absolute Gasteiger partial charge is 0.481 e. The summed E-state index contributed by atoms with van der Waals surface area (Å²) in [6.07, 6.45) is -0.248. The number of carbonyl (C=O) groups is 1. The van der Waals surface area contributed by atoms with Gasteiger partial charge in [-0.2, -0.15) is 0 Å². The van der Waals surface area contributed by atoms with Crippen molar-refractivity contribution in [3.05, 3.63) is 29.3 Å². The van der Waals surface area contributed by atoms with E-state index in [1.807, 2.05) is 0 Å². The first-order valence-corrected chi connectivity index (χ1v) is 7.00. The SMILES string of the molecule is Cc1nc(C2CN(CC(C)(C)C(=O)O)CCO2)ccc1F. The first kappa shape index (κ1) is 15.9. The molecule has 5 nitrogen and oxygen atoms in total. The second-order valence-corrected chi connectivity index (χ2v) is 6.09. The lowest BCUT2D eigenvalue weighted by molar-refractivity contribution is -0.149. The Morgan fingerprint density at radius 1 is 1.57 bits per heavy atom. The van der Waals surface area contributed by atoms with Gasteiger partial charge in [0.1, 0.15) is 11.9 Å². The van der Waals surface area contributed by atoms with Gasteiger partial charge in [0.05, 0.1) is 23.4 Å². The Labute approximate surface area is 123 Å². The molecule has 1 unspecified atom stereocenters. The molecule has 1 aliphatic heterocycles. The first-order valence-electron chi connectivity index (χ1n) is 7.00. The Morgan fingerprint density at radius 3 is 2.90 bits per heavy atom. The van der Waals surface area contributed by atoms with Gasteiger partial charge in [-0.05, 0) is 32.9 Å². The first-order chi connectivity index (χ1) is 9.79. The molecule has 1 fully saturated rings. The third-order valence-electron chi connectivity index (χ3n) is 3.72. The van der Waals surface area contributed by atoms with Crippen molar-refractivity contribution < 1.29 is 19.0 Å². The summed E-state index contributed by atoms with van der Waals surface area (Å²) in [6, 6.07) is 3.01. The summed E-state index contributed by atoms with van der Waals surface area (Å²) in [6.45, 7) is 7.25. The van der Waals surface area contributed by atoms with E-state index in [2.05, 4.69) is 9.88 Å². The van der Waals surface area contributed by atoms with Gasteiger partial charge >= 0.3 is 5.97 Å². The fraction of sp³-hybridized carbons (Fsp3) is 0.600. The van der Waals surface area contributed by atoms with Crippen LogP contribution in [-0.2, 0) is 9.53 Å². The second kappa shape index (κ2) is 6.07. The average Bonchev–Trinajstić information content (AvgIpc) is 2.41. The minimum atomic E-state index is -0.818. The Hall–Kier alpha value is -1.53. The van der Waals surface area contributed by atoms with E-state index in [4.69, 9.17) is 4.74 Å². The number of ether oxygens (including phenoxy) is 1. The Morgan fingerprint density at radius 2 is 2.29 bits per heavy atom. The molecule has 0 bridgehead atoms. The minimum absolute atomic E-state index is 0.248. The smallest absolute Gasteiger partial charge is 0.310 e. The summed E-state index contributed by atoms with van der Waals surface area (Å²) in [4.78, 5) is 17.5. The number of halogens is 1. The summed E-state index contributed by atoms with van der Waals surface area (Å²) >= 11 is 0. The van der Waals surface area contributed by atoms with Gasteiger partial charge in [-0.1, -0.05) is 0 Å². The highest BCUT2D eigenvalue weighted by Crippen LogP contribution is 2.25. The number of nitrogens with zero attached hydrogens (tertiary/aromatic N) is 2. The molecule has 0 spiro atoms. The number of carboxylic acid groups (broad SMARTS) is 1. The average molecular weight is 296 g/mol. The number of morpholine rings is 1. The van der Waals surface area contributed by atoms with Crippen molar-refractivity contribution in [2.75, 3.05) is 26.2 Å². The molecule has 1 aromatic rings. The molecule has 1 aromatic heterocycles. The van der Waals surface area contributed by atoms with Crippen LogP contribution in [0.3, 0.4) is 0 Å². The van der Waals surface area contributed by atoms with Crippen molar-refractivity contribution in [2.24, 2.45) is 5.41 Å². The summed E-state index contributed by atoms with van der Waals surface area (Å²) in [7, 11) is 0. The number of carboxylic acids is 1. The van der Waals surface area contributed by atoms with E-state index in [0.29, 0.717) is 37.6 Å². The lowest BCUT2D eigenvalue weighted by Gasteiger charge is -2.36. The number of aryl methyl sites for hydroxylation is 1. The number of pyridine rings is 1. The molecule has 2 heterocycles. The standard InChI is InChI=1S/C15H21FN2O3/c1-10-11(16)4-5-12(17-10)13-8-18(6-7-21-13)9-15(2,3)14(19)20/h4-5,13H,6-9H2,1-3H3,(H,19,20). The molecule has 0 aromatic carbocycles. The van der Waals surface area contributed by atoms with Crippen LogP contribution in [0, 0.1) is 18.2 Å². The molecule has 2 rings (SSSR count). The Kier molecular flexibility index (Phi) is 4.58. The van der Waals surface area contributed by atoms with Crippen LogP contribution < -0.4 is 0 Å². The van der Waals surface area contributed by atoms with Crippen molar-refractivity contribution in [1.29, 1.82) is 0 Å².